The zero-order valence-electron chi connectivity index (χ0n) is 7.83. The van der Waals surface area contributed by atoms with Crippen molar-refractivity contribution in [1.82, 2.24) is 4.98 Å². The summed E-state index contributed by atoms with van der Waals surface area (Å²) >= 11 is 0. The normalized spacial score (nSPS) is 11.5. The van der Waals surface area contributed by atoms with Crippen LogP contribution in [0.2, 0.25) is 0 Å². The van der Waals surface area contributed by atoms with Crippen molar-refractivity contribution in [2.45, 2.75) is 13.8 Å². The Kier molecular flexibility index (Phi) is 1.89. The van der Waals surface area contributed by atoms with Crippen LogP contribution in [0.15, 0.2) is 29.4 Å². The van der Waals surface area contributed by atoms with Gasteiger partial charge in [-0.05, 0) is 31.5 Å². The Morgan fingerprint density at radius 2 is 2.23 bits per heavy atom. The topological polar surface area (TPSA) is 28.1 Å². The minimum atomic E-state index is 0.997. The Balaban J connectivity index is 2.63. The fourth-order valence-corrected chi connectivity index (χ4v) is 1.49. The molecule has 0 saturated heterocycles. The molecule has 2 aromatic rings. The van der Waals surface area contributed by atoms with Crippen LogP contribution in [0.5, 0.6) is 0 Å². The maximum Gasteiger partial charge on any atom is 0.0646 e. The molecule has 0 aliphatic rings. The van der Waals surface area contributed by atoms with E-state index in [2.05, 4.69) is 29.0 Å². The summed E-state index contributed by atoms with van der Waals surface area (Å²) < 4.78 is 0. The fraction of sp³-hybridized carbons (Fsp3) is 0.182. The number of aromatic amines is 1. The number of aliphatic imine (C=N–C) groups is 1. The van der Waals surface area contributed by atoms with Gasteiger partial charge in [0, 0.05) is 23.3 Å². The molecule has 2 heteroatoms. The Morgan fingerprint density at radius 1 is 1.38 bits per heavy atom. The van der Waals surface area contributed by atoms with E-state index in [1.54, 1.807) is 6.21 Å². The predicted octanol–water partition coefficient (Wildman–Crippen LogP) is 3.20. The average molecular weight is 172 g/mol. The zero-order valence-corrected chi connectivity index (χ0v) is 7.83. The van der Waals surface area contributed by atoms with Crippen LogP contribution < -0.4 is 0 Å². The van der Waals surface area contributed by atoms with Crippen LogP contribution >= 0.6 is 0 Å². The largest absolute Gasteiger partial charge is 0.361 e. The van der Waals surface area contributed by atoms with Crippen LogP contribution in [0.25, 0.3) is 10.9 Å². The van der Waals surface area contributed by atoms with Gasteiger partial charge < -0.3 is 4.98 Å². The minimum Gasteiger partial charge on any atom is -0.361 e. The number of nitrogens with one attached hydrogen (secondary N) is 1. The molecule has 2 rings (SSSR count). The lowest BCUT2D eigenvalue weighted by Gasteiger charge is -1.94. The molecule has 66 valence electrons. The van der Waals surface area contributed by atoms with Crippen molar-refractivity contribution < 1.29 is 0 Å². The van der Waals surface area contributed by atoms with E-state index in [-0.39, 0.29) is 0 Å². The minimum absolute atomic E-state index is 0.997. The molecule has 0 spiro atoms. The van der Waals surface area contributed by atoms with Crippen LogP contribution in [0.1, 0.15) is 12.5 Å². The van der Waals surface area contributed by atoms with Crippen molar-refractivity contribution in [1.29, 1.82) is 0 Å². The number of nitrogens with zero attached hydrogens (tertiary/aromatic N) is 1. The molecule has 0 amide bonds. The van der Waals surface area contributed by atoms with E-state index < -0.39 is 0 Å². The summed E-state index contributed by atoms with van der Waals surface area (Å²) in [5.74, 6) is 0. The van der Waals surface area contributed by atoms with Crippen molar-refractivity contribution >= 4 is 22.8 Å². The second-order valence-corrected chi connectivity index (χ2v) is 3.09. The quantitative estimate of drug-likeness (QED) is 0.640. The summed E-state index contributed by atoms with van der Waals surface area (Å²) in [4.78, 5) is 7.43. The number of aromatic nitrogens is 1. The highest BCUT2D eigenvalue weighted by Crippen LogP contribution is 2.22. The summed E-state index contributed by atoms with van der Waals surface area (Å²) in [5, 5.41) is 1.27. The first-order chi connectivity index (χ1) is 6.31. The highest BCUT2D eigenvalue weighted by Gasteiger charge is 1.98. The SMILES string of the molecule is CC=Nc1ccc2c(C)c[nH]c2c1. The standard InChI is InChI=1S/C11H12N2/c1-3-12-9-4-5-10-8(2)7-13-11(10)6-9/h3-7,13H,1-2H3. The molecule has 1 heterocycles. The van der Waals surface area contributed by atoms with Gasteiger partial charge in [-0.1, -0.05) is 6.07 Å². The molecule has 0 saturated carbocycles. The number of rotatable bonds is 1. The molecule has 1 aromatic carbocycles. The molecular weight excluding hydrogens is 160 g/mol. The molecule has 0 aliphatic heterocycles. The van der Waals surface area contributed by atoms with E-state index in [4.69, 9.17) is 0 Å². The van der Waals surface area contributed by atoms with Gasteiger partial charge in [0.15, 0.2) is 0 Å². The molecule has 1 N–H and O–H groups in total. The van der Waals surface area contributed by atoms with E-state index in [0.29, 0.717) is 0 Å². The van der Waals surface area contributed by atoms with Gasteiger partial charge in [0.05, 0.1) is 5.69 Å². The smallest absolute Gasteiger partial charge is 0.0646 e. The Labute approximate surface area is 77.3 Å². The third kappa shape index (κ3) is 1.35. The van der Waals surface area contributed by atoms with Crippen LogP contribution in [0.4, 0.5) is 5.69 Å². The molecule has 13 heavy (non-hydrogen) atoms. The van der Waals surface area contributed by atoms with E-state index in [9.17, 15) is 0 Å². The van der Waals surface area contributed by atoms with Crippen molar-refractivity contribution in [3.63, 3.8) is 0 Å². The van der Waals surface area contributed by atoms with Gasteiger partial charge in [-0.15, -0.1) is 0 Å². The average Bonchev–Trinajstić information content (AvgIpc) is 2.48. The molecule has 0 aliphatic carbocycles. The van der Waals surface area contributed by atoms with Crippen molar-refractivity contribution in [3.8, 4) is 0 Å². The first-order valence-electron chi connectivity index (χ1n) is 4.37. The van der Waals surface area contributed by atoms with Gasteiger partial charge in [0.2, 0.25) is 0 Å². The Hall–Kier alpha value is -1.57. The van der Waals surface area contributed by atoms with Crippen molar-refractivity contribution in [2.24, 2.45) is 4.99 Å². The fourth-order valence-electron chi connectivity index (χ4n) is 1.49. The summed E-state index contributed by atoms with van der Waals surface area (Å²) in [6, 6.07) is 6.19. The highest BCUT2D eigenvalue weighted by molar-refractivity contribution is 5.85. The van der Waals surface area contributed by atoms with Crippen LogP contribution in [-0.4, -0.2) is 11.2 Å². The van der Waals surface area contributed by atoms with Crippen LogP contribution in [0.3, 0.4) is 0 Å². The Bertz CT molecular complexity index is 452. The van der Waals surface area contributed by atoms with E-state index in [1.807, 2.05) is 19.2 Å². The lowest BCUT2D eigenvalue weighted by atomic mass is 10.2. The lowest BCUT2D eigenvalue weighted by molar-refractivity contribution is 1.42. The first-order valence-corrected chi connectivity index (χ1v) is 4.37. The number of hydrogen-bond acceptors (Lipinski definition) is 1. The first kappa shape index (κ1) is 8.05. The third-order valence-corrected chi connectivity index (χ3v) is 2.15. The maximum absolute atomic E-state index is 4.22. The summed E-state index contributed by atoms with van der Waals surface area (Å²) in [5.41, 5.74) is 3.43. The predicted molar refractivity (Wildman–Crippen MR) is 56.9 cm³/mol. The molecule has 0 radical (unpaired) electrons. The second kappa shape index (κ2) is 3.05. The monoisotopic (exact) mass is 172 g/mol. The van der Waals surface area contributed by atoms with Gasteiger partial charge in [0.25, 0.3) is 0 Å². The van der Waals surface area contributed by atoms with Crippen LogP contribution in [0, 0.1) is 6.92 Å². The van der Waals surface area contributed by atoms with E-state index in [0.717, 1.165) is 11.2 Å². The third-order valence-electron chi connectivity index (χ3n) is 2.15. The van der Waals surface area contributed by atoms with Crippen LogP contribution in [-0.2, 0) is 0 Å². The molecule has 1 aromatic heterocycles. The summed E-state index contributed by atoms with van der Waals surface area (Å²) in [7, 11) is 0. The molecular formula is C11H12N2. The number of benzene rings is 1. The number of aryl methyl sites for hydroxylation is 1. The second-order valence-electron chi connectivity index (χ2n) is 3.09. The van der Waals surface area contributed by atoms with Crippen molar-refractivity contribution in [3.05, 3.63) is 30.0 Å². The summed E-state index contributed by atoms with van der Waals surface area (Å²) in [6.07, 6.45) is 3.82. The van der Waals surface area contributed by atoms with Gasteiger partial charge in [-0.2, -0.15) is 0 Å². The van der Waals surface area contributed by atoms with Gasteiger partial charge in [-0.25, -0.2) is 0 Å². The molecule has 2 nitrogen and oxygen atoms in total. The highest BCUT2D eigenvalue weighted by atomic mass is 14.7. The summed E-state index contributed by atoms with van der Waals surface area (Å²) in [6.45, 7) is 4.02. The van der Waals surface area contributed by atoms with Crippen molar-refractivity contribution in [2.75, 3.05) is 0 Å². The maximum atomic E-state index is 4.22. The zero-order chi connectivity index (χ0) is 9.26. The molecule has 0 bridgehead atoms. The number of H-pyrrole nitrogens is 1. The molecule has 0 fully saturated rings. The van der Waals surface area contributed by atoms with E-state index in [1.165, 1.54) is 10.9 Å². The van der Waals surface area contributed by atoms with Gasteiger partial charge in [-0.3, -0.25) is 4.99 Å². The Morgan fingerprint density at radius 3 is 3.00 bits per heavy atom. The molecule has 0 atom stereocenters. The lowest BCUT2D eigenvalue weighted by Crippen LogP contribution is -1.69. The number of fused-ring (bicyclic) bond motifs is 1. The van der Waals surface area contributed by atoms with Gasteiger partial charge in [0.1, 0.15) is 0 Å². The molecule has 0 unspecified atom stereocenters. The van der Waals surface area contributed by atoms with E-state index >= 15 is 0 Å². The number of hydrogen-bond donors (Lipinski definition) is 1. The van der Waals surface area contributed by atoms with Gasteiger partial charge >= 0.3 is 0 Å².